The number of aliphatic hydroxyl groups excluding tert-OH is 1. The largest absolute Gasteiger partial charge is 0.391 e. The highest BCUT2D eigenvalue weighted by Crippen LogP contribution is 2.37. The summed E-state index contributed by atoms with van der Waals surface area (Å²) in [4.78, 5) is 0. The topological polar surface area (TPSA) is 20.2 Å². The number of hydrogen-bond donors (Lipinski definition) is 1. The molecule has 1 nitrogen and oxygen atoms in total. The van der Waals surface area contributed by atoms with Crippen molar-refractivity contribution in [1.82, 2.24) is 0 Å². The fourth-order valence-electron chi connectivity index (χ4n) is 1.06. The van der Waals surface area contributed by atoms with Gasteiger partial charge in [-0.05, 0) is 11.8 Å². The second kappa shape index (κ2) is 1.89. The van der Waals surface area contributed by atoms with Gasteiger partial charge in [-0.3, -0.25) is 0 Å². The van der Waals surface area contributed by atoms with Gasteiger partial charge in [0.25, 0.3) is 0 Å². The number of alkyl halides is 1. The average Bonchev–Trinajstić information content (AvgIpc) is 1.83. The molecule has 0 saturated heterocycles. The van der Waals surface area contributed by atoms with Crippen LogP contribution in [-0.2, 0) is 0 Å². The summed E-state index contributed by atoms with van der Waals surface area (Å²) in [5.74, 6) is 0.893. The van der Waals surface area contributed by atoms with Gasteiger partial charge in [0.2, 0.25) is 0 Å². The van der Waals surface area contributed by atoms with E-state index in [1.54, 1.807) is 0 Å². The third-order valence-corrected chi connectivity index (χ3v) is 2.85. The maximum absolute atomic E-state index is 9.02. The van der Waals surface area contributed by atoms with E-state index in [4.69, 9.17) is 16.7 Å². The summed E-state index contributed by atoms with van der Waals surface area (Å²) < 4.78 is 0. The maximum atomic E-state index is 9.02. The van der Waals surface area contributed by atoms with Crippen molar-refractivity contribution in [2.24, 2.45) is 11.8 Å². The van der Waals surface area contributed by atoms with E-state index in [1.807, 2.05) is 6.92 Å². The monoisotopic (exact) mass is 134 g/mol. The zero-order valence-corrected chi connectivity index (χ0v) is 5.89. The number of halogens is 1. The molecule has 2 heteroatoms. The summed E-state index contributed by atoms with van der Waals surface area (Å²) in [7, 11) is 0. The SMILES string of the molecule is C[C@@H]1[C@H](C)[C@H](O)[C@@H]1Cl. The predicted octanol–water partition coefficient (Wildman–Crippen LogP) is 1.24. The van der Waals surface area contributed by atoms with Gasteiger partial charge in [0.05, 0.1) is 11.5 Å². The first-order valence-corrected chi connectivity index (χ1v) is 3.40. The molecule has 0 aliphatic heterocycles. The van der Waals surface area contributed by atoms with Crippen molar-refractivity contribution in [2.45, 2.75) is 25.3 Å². The molecular formula is C6H11ClO. The fraction of sp³-hybridized carbons (Fsp3) is 1.00. The third-order valence-electron chi connectivity index (χ3n) is 2.20. The molecule has 0 heterocycles. The van der Waals surface area contributed by atoms with Gasteiger partial charge in [-0.15, -0.1) is 11.6 Å². The van der Waals surface area contributed by atoms with Crippen molar-refractivity contribution in [3.05, 3.63) is 0 Å². The van der Waals surface area contributed by atoms with Crippen molar-refractivity contribution in [2.75, 3.05) is 0 Å². The average molecular weight is 135 g/mol. The molecule has 0 aromatic heterocycles. The lowest BCUT2D eigenvalue weighted by atomic mass is 9.73. The van der Waals surface area contributed by atoms with E-state index >= 15 is 0 Å². The second-order valence-corrected chi connectivity index (χ2v) is 3.16. The Balaban J connectivity index is 2.42. The first kappa shape index (κ1) is 6.37. The molecule has 1 aliphatic rings. The van der Waals surface area contributed by atoms with Crippen LogP contribution in [0.1, 0.15) is 13.8 Å². The Morgan fingerprint density at radius 2 is 1.75 bits per heavy atom. The van der Waals surface area contributed by atoms with Crippen LogP contribution in [0.5, 0.6) is 0 Å². The highest BCUT2D eigenvalue weighted by atomic mass is 35.5. The lowest BCUT2D eigenvalue weighted by Crippen LogP contribution is -2.49. The Labute approximate surface area is 54.7 Å². The minimum Gasteiger partial charge on any atom is -0.391 e. The second-order valence-electron chi connectivity index (χ2n) is 2.65. The van der Waals surface area contributed by atoms with Gasteiger partial charge in [0.1, 0.15) is 0 Å². The quantitative estimate of drug-likeness (QED) is 0.495. The summed E-state index contributed by atoms with van der Waals surface area (Å²) in [6.45, 7) is 4.09. The smallest absolute Gasteiger partial charge is 0.0735 e. The molecule has 0 bridgehead atoms. The van der Waals surface area contributed by atoms with Crippen LogP contribution in [0.4, 0.5) is 0 Å². The molecule has 0 unspecified atom stereocenters. The summed E-state index contributed by atoms with van der Waals surface area (Å²) in [5.41, 5.74) is 0. The zero-order chi connectivity index (χ0) is 6.31. The number of aliphatic hydroxyl groups is 1. The lowest BCUT2D eigenvalue weighted by Gasteiger charge is -2.42. The Morgan fingerprint density at radius 1 is 1.25 bits per heavy atom. The lowest BCUT2D eigenvalue weighted by molar-refractivity contribution is -0.00812. The van der Waals surface area contributed by atoms with Crippen molar-refractivity contribution in [3.63, 3.8) is 0 Å². The minimum atomic E-state index is -0.258. The van der Waals surface area contributed by atoms with E-state index in [-0.39, 0.29) is 11.5 Å². The van der Waals surface area contributed by atoms with Crippen molar-refractivity contribution in [3.8, 4) is 0 Å². The molecule has 0 radical (unpaired) electrons. The van der Waals surface area contributed by atoms with Gasteiger partial charge in [-0.1, -0.05) is 13.8 Å². The van der Waals surface area contributed by atoms with Crippen LogP contribution in [0.2, 0.25) is 0 Å². The highest BCUT2D eigenvalue weighted by Gasteiger charge is 2.42. The molecule has 1 saturated carbocycles. The van der Waals surface area contributed by atoms with Crippen molar-refractivity contribution in [1.29, 1.82) is 0 Å². The first-order valence-electron chi connectivity index (χ1n) is 2.96. The Hall–Kier alpha value is 0.250. The fourth-order valence-corrected chi connectivity index (χ4v) is 1.52. The molecule has 0 amide bonds. The summed E-state index contributed by atoms with van der Waals surface area (Å²) in [5, 5.41) is 9.03. The van der Waals surface area contributed by atoms with E-state index in [1.165, 1.54) is 0 Å². The normalized spacial score (nSPS) is 55.5. The third kappa shape index (κ3) is 0.652. The van der Waals surface area contributed by atoms with Crippen LogP contribution in [0.25, 0.3) is 0 Å². The molecular weight excluding hydrogens is 124 g/mol. The zero-order valence-electron chi connectivity index (χ0n) is 5.13. The molecule has 0 aromatic carbocycles. The Kier molecular flexibility index (Phi) is 1.50. The molecule has 0 aromatic rings. The highest BCUT2D eigenvalue weighted by molar-refractivity contribution is 6.21. The van der Waals surface area contributed by atoms with Crippen LogP contribution in [0, 0.1) is 11.8 Å². The summed E-state index contributed by atoms with van der Waals surface area (Å²) in [6.07, 6.45) is -0.258. The molecule has 1 rings (SSSR count). The Bertz CT molecular complexity index is 62.5. The van der Waals surface area contributed by atoms with E-state index in [0.717, 1.165) is 0 Å². The maximum Gasteiger partial charge on any atom is 0.0735 e. The molecule has 48 valence electrons. The van der Waals surface area contributed by atoms with Gasteiger partial charge in [0, 0.05) is 0 Å². The number of rotatable bonds is 0. The van der Waals surface area contributed by atoms with Crippen LogP contribution in [0.3, 0.4) is 0 Å². The van der Waals surface area contributed by atoms with Gasteiger partial charge in [0.15, 0.2) is 0 Å². The van der Waals surface area contributed by atoms with E-state index in [2.05, 4.69) is 6.92 Å². The molecule has 0 spiro atoms. The van der Waals surface area contributed by atoms with Gasteiger partial charge >= 0.3 is 0 Å². The molecule has 1 fully saturated rings. The predicted molar refractivity (Wildman–Crippen MR) is 34.0 cm³/mol. The van der Waals surface area contributed by atoms with E-state index in [0.29, 0.717) is 11.8 Å². The number of hydrogen-bond acceptors (Lipinski definition) is 1. The van der Waals surface area contributed by atoms with E-state index in [9.17, 15) is 0 Å². The summed E-state index contributed by atoms with van der Waals surface area (Å²) in [6, 6.07) is 0. The first-order chi connectivity index (χ1) is 3.64. The standard InChI is InChI=1S/C6H11ClO/c1-3-4(2)6(8)5(3)7/h3-6,8H,1-2H3/t3-,4+,5-,6+/m1/s1. The van der Waals surface area contributed by atoms with Crippen molar-refractivity contribution >= 4 is 11.6 Å². The molecule has 8 heavy (non-hydrogen) atoms. The van der Waals surface area contributed by atoms with Crippen molar-refractivity contribution < 1.29 is 5.11 Å². The van der Waals surface area contributed by atoms with Gasteiger partial charge in [-0.25, -0.2) is 0 Å². The van der Waals surface area contributed by atoms with E-state index < -0.39 is 0 Å². The van der Waals surface area contributed by atoms with Gasteiger partial charge < -0.3 is 5.11 Å². The van der Waals surface area contributed by atoms with Crippen LogP contribution in [-0.4, -0.2) is 16.6 Å². The van der Waals surface area contributed by atoms with Crippen LogP contribution < -0.4 is 0 Å². The minimum absolute atomic E-state index is 0.00463. The van der Waals surface area contributed by atoms with Crippen LogP contribution in [0.15, 0.2) is 0 Å². The summed E-state index contributed by atoms with van der Waals surface area (Å²) >= 11 is 5.69. The molecule has 1 N–H and O–H groups in total. The van der Waals surface area contributed by atoms with Crippen LogP contribution >= 0.6 is 11.6 Å². The Morgan fingerprint density at radius 3 is 1.88 bits per heavy atom. The molecule has 4 atom stereocenters. The van der Waals surface area contributed by atoms with Gasteiger partial charge in [-0.2, -0.15) is 0 Å². The molecule has 1 aliphatic carbocycles.